The molecule has 0 saturated carbocycles. The third-order valence-electron chi connectivity index (χ3n) is 18.5. The predicted octanol–water partition coefficient (Wildman–Crippen LogP) is 25.7. The quantitative estimate of drug-likeness (QED) is 0.0212. The summed E-state index contributed by atoms with van der Waals surface area (Å²) in [7, 11) is 1.21. The molecule has 3 unspecified atom stereocenters. The first-order valence-electron chi connectivity index (χ1n) is 40.4. The molecule has 0 aromatic carbocycles. The number of esters is 1. The molecule has 0 aromatic heterocycles. The van der Waals surface area contributed by atoms with E-state index in [9.17, 15) is 19.0 Å². The summed E-state index contributed by atoms with van der Waals surface area (Å²) in [5.41, 5.74) is 0. The normalized spacial score (nSPS) is 13.6. The summed E-state index contributed by atoms with van der Waals surface area (Å²) in [5, 5.41) is 3.06. The SMILES string of the molecule is CCCCC/C=C\C/C=C\CCCCCCCCCCCCCCCCCCCC(=O)NC(COP(=O)([O-])OCC[N+](C)(C)C)C(/C=C/CCCCCCCCCCCC)OC(=O)CCCCCCCCCCCCCCCCCCC/C=C/CCCCCCCC. The maximum absolute atomic E-state index is 13.7. The number of hydrogen-bond acceptors (Lipinski definition) is 7. The fourth-order valence-electron chi connectivity index (χ4n) is 12.3. The van der Waals surface area contributed by atoms with Crippen LogP contribution in [0.4, 0.5) is 0 Å². The lowest BCUT2D eigenvalue weighted by Gasteiger charge is -2.30. The summed E-state index contributed by atoms with van der Waals surface area (Å²) in [6, 6.07) is -0.887. The molecule has 0 spiro atoms. The van der Waals surface area contributed by atoms with Gasteiger partial charge in [0.1, 0.15) is 19.3 Å². The third-order valence-corrected chi connectivity index (χ3v) is 19.4. The zero-order valence-electron chi connectivity index (χ0n) is 62.3. The van der Waals surface area contributed by atoms with E-state index in [-0.39, 0.29) is 31.5 Å². The van der Waals surface area contributed by atoms with Gasteiger partial charge < -0.3 is 28.5 Å². The van der Waals surface area contributed by atoms with Gasteiger partial charge in [-0.3, -0.25) is 14.2 Å². The van der Waals surface area contributed by atoms with Gasteiger partial charge in [-0.15, -0.1) is 0 Å². The molecule has 9 nitrogen and oxygen atoms in total. The van der Waals surface area contributed by atoms with Crippen molar-refractivity contribution in [3.8, 4) is 0 Å². The van der Waals surface area contributed by atoms with Crippen molar-refractivity contribution in [2.45, 2.75) is 425 Å². The molecule has 0 aromatic rings. The number of phosphoric ester groups is 1. The van der Waals surface area contributed by atoms with Crippen LogP contribution >= 0.6 is 7.82 Å². The number of allylic oxidation sites excluding steroid dienone is 7. The highest BCUT2D eigenvalue weighted by molar-refractivity contribution is 7.45. The Balaban J connectivity index is 4.87. The van der Waals surface area contributed by atoms with E-state index in [0.29, 0.717) is 17.4 Å². The fourth-order valence-corrected chi connectivity index (χ4v) is 13.0. The summed E-state index contributed by atoms with van der Waals surface area (Å²) in [6.45, 7) is 6.89. The van der Waals surface area contributed by atoms with Crippen molar-refractivity contribution in [1.82, 2.24) is 5.32 Å². The summed E-state index contributed by atoms with van der Waals surface area (Å²) in [6.07, 6.45) is 92.6. The largest absolute Gasteiger partial charge is 0.756 e. The Morgan fingerprint density at radius 2 is 0.663 bits per heavy atom. The van der Waals surface area contributed by atoms with Crippen LogP contribution in [0.1, 0.15) is 412 Å². The number of carbonyl (C=O) groups excluding carboxylic acids is 2. The Kier molecular flexibility index (Phi) is 70.2. The Labute approximate surface area is 573 Å². The van der Waals surface area contributed by atoms with Crippen molar-refractivity contribution in [1.29, 1.82) is 0 Å². The van der Waals surface area contributed by atoms with Gasteiger partial charge in [-0.05, 0) is 89.5 Å². The molecule has 0 rings (SSSR count). The summed E-state index contributed by atoms with van der Waals surface area (Å²) < 4.78 is 30.6. The molecule has 0 saturated heterocycles. The third kappa shape index (κ3) is 72.2. The number of unbranched alkanes of at least 4 members (excludes halogenated alkanes) is 53. The van der Waals surface area contributed by atoms with Crippen molar-refractivity contribution >= 4 is 19.7 Å². The Hall–Kier alpha value is -2.03. The van der Waals surface area contributed by atoms with Gasteiger partial charge in [0.15, 0.2) is 0 Å². The van der Waals surface area contributed by atoms with Crippen LogP contribution in [-0.4, -0.2) is 69.4 Å². The molecule has 0 heterocycles. The van der Waals surface area contributed by atoms with Gasteiger partial charge in [-0.1, -0.05) is 359 Å². The molecule has 0 aliphatic rings. The second-order valence-electron chi connectivity index (χ2n) is 28.9. The molecule has 1 N–H and O–H groups in total. The standard InChI is InChI=1S/C82H157N2O7P/c1-7-10-13-16-19-22-25-28-30-32-34-36-38-40-42-44-46-48-50-52-54-56-59-62-65-68-71-74-81(85)83-79(78-90-92(87,88)89-77-76-84(4,5)6)80(73-70-67-64-61-58-27-24-21-18-15-12-9-3)91-82(86)75-72-69-66-63-60-57-55-53-51-49-47-45-43-41-39-37-35-33-31-29-26-23-20-17-14-11-8-2/h19,22,28-31,70,73,79-80H,7-18,20-21,23-27,32-69,71-72,74-78H2,1-6H3,(H-,83,85,87,88)/b22-19-,30-28-,31-29+,73-70+. The number of amides is 1. The molecular formula is C82H157N2O7P. The van der Waals surface area contributed by atoms with Crippen LogP contribution < -0.4 is 10.2 Å². The Morgan fingerprint density at radius 1 is 0.380 bits per heavy atom. The summed E-state index contributed by atoms with van der Waals surface area (Å²) in [5.74, 6) is -0.517. The van der Waals surface area contributed by atoms with E-state index < -0.39 is 20.0 Å². The Bertz CT molecular complexity index is 1710. The monoisotopic (exact) mass is 1310 g/mol. The highest BCUT2D eigenvalue weighted by atomic mass is 31.2. The fraction of sp³-hybridized carbons (Fsp3) is 0.878. The average molecular weight is 1310 g/mol. The molecule has 10 heteroatoms. The van der Waals surface area contributed by atoms with Crippen molar-refractivity contribution < 1.29 is 37.3 Å². The van der Waals surface area contributed by atoms with E-state index in [4.69, 9.17) is 13.8 Å². The average Bonchev–Trinajstić information content (AvgIpc) is 3.69. The van der Waals surface area contributed by atoms with Crippen LogP contribution in [0.2, 0.25) is 0 Å². The minimum absolute atomic E-state index is 0.0195. The number of hydrogen-bond donors (Lipinski definition) is 1. The zero-order valence-corrected chi connectivity index (χ0v) is 63.2. The van der Waals surface area contributed by atoms with Gasteiger partial charge in [0, 0.05) is 12.8 Å². The minimum atomic E-state index is -4.71. The van der Waals surface area contributed by atoms with Crippen LogP contribution in [0.5, 0.6) is 0 Å². The molecule has 0 fully saturated rings. The van der Waals surface area contributed by atoms with E-state index in [0.717, 1.165) is 64.2 Å². The molecule has 1 amide bonds. The number of carbonyl (C=O) groups is 2. The number of rotatable bonds is 75. The van der Waals surface area contributed by atoms with Crippen molar-refractivity contribution in [2.75, 3.05) is 40.9 Å². The maximum atomic E-state index is 13.7. The van der Waals surface area contributed by atoms with Crippen LogP contribution in [-0.2, 0) is 27.9 Å². The first-order chi connectivity index (χ1) is 44.9. The van der Waals surface area contributed by atoms with Crippen LogP contribution in [0.15, 0.2) is 48.6 Å². The van der Waals surface area contributed by atoms with E-state index in [1.807, 2.05) is 33.3 Å². The smallest absolute Gasteiger partial charge is 0.306 e. The maximum Gasteiger partial charge on any atom is 0.306 e. The second kappa shape index (κ2) is 71.7. The van der Waals surface area contributed by atoms with Gasteiger partial charge in [-0.2, -0.15) is 0 Å². The van der Waals surface area contributed by atoms with Crippen LogP contribution in [0.3, 0.4) is 0 Å². The lowest BCUT2D eigenvalue weighted by molar-refractivity contribution is -0.870. The lowest BCUT2D eigenvalue weighted by atomic mass is 10.0. The number of nitrogens with one attached hydrogen (secondary N) is 1. The minimum Gasteiger partial charge on any atom is -0.756 e. The van der Waals surface area contributed by atoms with Crippen molar-refractivity contribution in [3.05, 3.63) is 48.6 Å². The topological polar surface area (TPSA) is 114 Å². The van der Waals surface area contributed by atoms with E-state index in [1.54, 1.807) is 0 Å². The van der Waals surface area contributed by atoms with Gasteiger partial charge >= 0.3 is 5.97 Å². The first-order valence-corrected chi connectivity index (χ1v) is 41.9. The number of phosphoric acid groups is 1. The van der Waals surface area contributed by atoms with Gasteiger partial charge in [-0.25, -0.2) is 0 Å². The number of ether oxygens (including phenoxy) is 1. The van der Waals surface area contributed by atoms with E-state index in [2.05, 4.69) is 62.5 Å². The van der Waals surface area contributed by atoms with Crippen LogP contribution in [0.25, 0.3) is 0 Å². The van der Waals surface area contributed by atoms with E-state index >= 15 is 0 Å². The zero-order chi connectivity index (χ0) is 67.0. The molecule has 0 radical (unpaired) electrons. The lowest BCUT2D eigenvalue weighted by Crippen LogP contribution is -2.47. The predicted molar refractivity (Wildman–Crippen MR) is 399 cm³/mol. The summed E-state index contributed by atoms with van der Waals surface area (Å²) >= 11 is 0. The molecule has 0 bridgehead atoms. The van der Waals surface area contributed by atoms with E-state index in [1.165, 1.54) is 315 Å². The molecular weight excluding hydrogens is 1160 g/mol. The van der Waals surface area contributed by atoms with Crippen molar-refractivity contribution in [2.24, 2.45) is 0 Å². The first kappa shape index (κ1) is 90.0. The molecule has 0 aliphatic heterocycles. The summed E-state index contributed by atoms with van der Waals surface area (Å²) in [4.78, 5) is 40.3. The second-order valence-corrected chi connectivity index (χ2v) is 30.3. The van der Waals surface area contributed by atoms with Crippen molar-refractivity contribution in [3.63, 3.8) is 0 Å². The van der Waals surface area contributed by atoms with Gasteiger partial charge in [0.2, 0.25) is 5.91 Å². The number of quaternary nitrogens is 1. The molecule has 92 heavy (non-hydrogen) atoms. The molecule has 542 valence electrons. The number of likely N-dealkylation sites (N-methyl/N-ethyl adjacent to an activating group) is 1. The van der Waals surface area contributed by atoms with Gasteiger partial charge in [0.25, 0.3) is 7.82 Å². The highest BCUT2D eigenvalue weighted by Gasteiger charge is 2.27. The molecule has 0 aliphatic carbocycles. The number of nitrogens with zero attached hydrogens (tertiary/aromatic N) is 1. The Morgan fingerprint density at radius 3 is 1.01 bits per heavy atom. The van der Waals surface area contributed by atoms with Gasteiger partial charge in [0.05, 0.1) is 33.8 Å². The van der Waals surface area contributed by atoms with Crippen LogP contribution in [0, 0.1) is 0 Å². The highest BCUT2D eigenvalue weighted by Crippen LogP contribution is 2.38. The molecule has 3 atom stereocenters.